The van der Waals surface area contributed by atoms with Gasteiger partial charge in [-0.1, -0.05) is 11.6 Å². The zero-order valence-electron chi connectivity index (χ0n) is 14.2. The molecule has 0 aliphatic heterocycles. The summed E-state index contributed by atoms with van der Waals surface area (Å²) in [4.78, 5) is 25.9. The number of halogens is 1. The van der Waals surface area contributed by atoms with Gasteiger partial charge < -0.3 is 19.8 Å². The summed E-state index contributed by atoms with van der Waals surface area (Å²) in [6.07, 6.45) is 1.56. The number of rotatable bonds is 6. The van der Waals surface area contributed by atoms with Gasteiger partial charge in [0.1, 0.15) is 11.5 Å². The molecular weight excluding hydrogens is 346 g/mol. The monoisotopic (exact) mass is 365 g/mol. The predicted molar refractivity (Wildman–Crippen MR) is 94.8 cm³/mol. The van der Waals surface area contributed by atoms with E-state index >= 15 is 0 Å². The smallest absolute Gasteiger partial charge is 0.313 e. The van der Waals surface area contributed by atoms with Crippen LogP contribution in [0.3, 0.4) is 0 Å². The second-order valence-electron chi connectivity index (χ2n) is 5.51. The molecule has 0 unspecified atom stereocenters. The fourth-order valence-electron chi connectivity index (χ4n) is 2.22. The Morgan fingerprint density at radius 2 is 2.04 bits per heavy atom. The van der Waals surface area contributed by atoms with E-state index in [0.29, 0.717) is 22.2 Å². The summed E-state index contributed by atoms with van der Waals surface area (Å²) in [5.41, 5.74) is 0.404. The van der Waals surface area contributed by atoms with E-state index in [1.54, 1.807) is 24.5 Å². The number of hydrogen-bond acceptors (Lipinski definition) is 5. The van der Waals surface area contributed by atoms with Gasteiger partial charge in [-0.05, 0) is 44.4 Å². The Hall–Kier alpha value is -2.51. The zero-order chi connectivity index (χ0) is 18.4. The van der Waals surface area contributed by atoms with Crippen LogP contribution in [-0.2, 0) is 9.59 Å². The second kappa shape index (κ2) is 8.55. The van der Waals surface area contributed by atoms with E-state index in [0.717, 1.165) is 0 Å². The van der Waals surface area contributed by atoms with E-state index in [4.69, 9.17) is 20.8 Å². The van der Waals surface area contributed by atoms with Crippen LogP contribution in [0.25, 0.3) is 0 Å². The van der Waals surface area contributed by atoms with E-state index in [1.807, 2.05) is 25.1 Å². The fraction of sp³-hybridized carbons (Fsp3) is 0.294. The minimum absolute atomic E-state index is 0.179. The van der Waals surface area contributed by atoms with E-state index in [2.05, 4.69) is 10.6 Å². The van der Waals surface area contributed by atoms with Crippen molar-refractivity contribution in [2.45, 2.75) is 6.04 Å². The molecule has 0 radical (unpaired) electrons. The lowest BCUT2D eigenvalue weighted by atomic mass is 10.2. The molecule has 2 amide bonds. The van der Waals surface area contributed by atoms with Crippen molar-refractivity contribution >= 4 is 29.1 Å². The van der Waals surface area contributed by atoms with Crippen molar-refractivity contribution in [3.63, 3.8) is 0 Å². The van der Waals surface area contributed by atoms with Crippen molar-refractivity contribution in [2.24, 2.45) is 0 Å². The number of ether oxygens (including phenoxy) is 1. The van der Waals surface area contributed by atoms with Crippen molar-refractivity contribution in [3.8, 4) is 5.75 Å². The van der Waals surface area contributed by atoms with Gasteiger partial charge in [-0.2, -0.15) is 0 Å². The number of anilines is 1. The van der Waals surface area contributed by atoms with Gasteiger partial charge in [0.25, 0.3) is 0 Å². The normalized spacial score (nSPS) is 11.9. The topological polar surface area (TPSA) is 83.8 Å². The molecule has 0 bridgehead atoms. The standard InChI is InChI=1S/C17H20ClN3O4/c1-21(2)13(15-5-4-8-25-15)10-19-16(22)17(23)20-11-6-7-14(24-3)12(18)9-11/h4-9,13H,10H2,1-3H3,(H,19,22)(H,20,23)/t13-/m1/s1. The molecule has 2 N–H and O–H groups in total. The maximum absolute atomic E-state index is 12.0. The Morgan fingerprint density at radius 3 is 2.60 bits per heavy atom. The molecule has 1 aromatic heterocycles. The average Bonchev–Trinajstić information content (AvgIpc) is 3.09. The van der Waals surface area contributed by atoms with Crippen LogP contribution in [0.1, 0.15) is 11.8 Å². The highest BCUT2D eigenvalue weighted by Crippen LogP contribution is 2.27. The number of amides is 2. The van der Waals surface area contributed by atoms with Crippen LogP contribution in [-0.4, -0.2) is 44.5 Å². The zero-order valence-corrected chi connectivity index (χ0v) is 15.0. The molecule has 2 rings (SSSR count). The van der Waals surface area contributed by atoms with E-state index < -0.39 is 11.8 Å². The van der Waals surface area contributed by atoms with Gasteiger partial charge in [0, 0.05) is 12.2 Å². The molecule has 134 valence electrons. The van der Waals surface area contributed by atoms with Crippen molar-refractivity contribution in [1.82, 2.24) is 10.2 Å². The first-order valence-corrected chi connectivity index (χ1v) is 7.92. The van der Waals surface area contributed by atoms with E-state index in [-0.39, 0.29) is 12.6 Å². The first kappa shape index (κ1) is 18.8. The molecule has 7 nitrogen and oxygen atoms in total. The number of benzene rings is 1. The summed E-state index contributed by atoms with van der Waals surface area (Å²) in [6.45, 7) is 0.232. The van der Waals surface area contributed by atoms with Crippen LogP contribution in [0.4, 0.5) is 5.69 Å². The molecule has 0 aliphatic rings. The summed E-state index contributed by atoms with van der Waals surface area (Å²) in [6, 6.07) is 8.12. The SMILES string of the molecule is COc1ccc(NC(=O)C(=O)NC[C@H](c2ccco2)N(C)C)cc1Cl. The van der Waals surface area contributed by atoms with Crippen LogP contribution in [0, 0.1) is 0 Å². The highest BCUT2D eigenvalue weighted by Gasteiger charge is 2.20. The van der Waals surface area contributed by atoms with Crippen molar-refractivity contribution in [3.05, 3.63) is 47.4 Å². The quantitative estimate of drug-likeness (QED) is 0.767. The Labute approximate surface area is 150 Å². The van der Waals surface area contributed by atoms with Crippen molar-refractivity contribution < 1.29 is 18.7 Å². The molecule has 0 aliphatic carbocycles. The second-order valence-corrected chi connectivity index (χ2v) is 5.92. The first-order chi connectivity index (χ1) is 11.9. The summed E-state index contributed by atoms with van der Waals surface area (Å²) < 4.78 is 10.4. The third-order valence-electron chi connectivity index (χ3n) is 3.57. The fourth-order valence-corrected chi connectivity index (χ4v) is 2.48. The molecular formula is C17H20ClN3O4. The molecule has 0 saturated carbocycles. The van der Waals surface area contributed by atoms with Gasteiger partial charge in [0.15, 0.2) is 0 Å². The Balaban J connectivity index is 1.93. The molecule has 25 heavy (non-hydrogen) atoms. The van der Waals surface area contributed by atoms with Crippen LogP contribution < -0.4 is 15.4 Å². The molecule has 0 saturated heterocycles. The Bertz CT molecular complexity index is 731. The summed E-state index contributed by atoms with van der Waals surface area (Å²) in [5.74, 6) is -0.340. The van der Waals surface area contributed by atoms with Crippen molar-refractivity contribution in [1.29, 1.82) is 0 Å². The van der Waals surface area contributed by atoms with Gasteiger partial charge >= 0.3 is 11.8 Å². The number of carbonyl (C=O) groups excluding carboxylic acids is 2. The molecule has 1 heterocycles. The van der Waals surface area contributed by atoms with Gasteiger partial charge in [-0.15, -0.1) is 0 Å². The number of hydrogen-bond donors (Lipinski definition) is 2. The molecule has 8 heteroatoms. The number of nitrogens with zero attached hydrogens (tertiary/aromatic N) is 1. The van der Waals surface area contributed by atoms with E-state index in [1.165, 1.54) is 13.2 Å². The van der Waals surface area contributed by atoms with Crippen LogP contribution in [0.15, 0.2) is 41.0 Å². The lowest BCUT2D eigenvalue weighted by Gasteiger charge is -2.22. The molecule has 1 atom stereocenters. The largest absolute Gasteiger partial charge is 0.495 e. The average molecular weight is 366 g/mol. The lowest BCUT2D eigenvalue weighted by Crippen LogP contribution is -2.40. The summed E-state index contributed by atoms with van der Waals surface area (Å²) in [7, 11) is 5.21. The highest BCUT2D eigenvalue weighted by molar-refractivity contribution is 6.40. The summed E-state index contributed by atoms with van der Waals surface area (Å²) >= 11 is 5.99. The lowest BCUT2D eigenvalue weighted by molar-refractivity contribution is -0.136. The van der Waals surface area contributed by atoms with Crippen LogP contribution in [0.2, 0.25) is 5.02 Å². The van der Waals surface area contributed by atoms with Gasteiger partial charge in [0.2, 0.25) is 0 Å². The number of carbonyl (C=O) groups is 2. The Morgan fingerprint density at radius 1 is 1.28 bits per heavy atom. The van der Waals surface area contributed by atoms with Crippen LogP contribution in [0.5, 0.6) is 5.75 Å². The summed E-state index contributed by atoms with van der Waals surface area (Å²) in [5, 5.41) is 5.43. The maximum atomic E-state index is 12.0. The molecule has 0 fully saturated rings. The molecule has 1 aromatic carbocycles. The van der Waals surface area contributed by atoms with Gasteiger partial charge in [-0.3, -0.25) is 14.5 Å². The Kier molecular flexibility index (Phi) is 6.44. The van der Waals surface area contributed by atoms with E-state index in [9.17, 15) is 9.59 Å². The maximum Gasteiger partial charge on any atom is 0.313 e. The van der Waals surface area contributed by atoms with Crippen LogP contribution >= 0.6 is 11.6 Å². The minimum atomic E-state index is -0.779. The number of methoxy groups -OCH3 is 1. The first-order valence-electron chi connectivity index (χ1n) is 7.55. The number of likely N-dealkylation sites (N-methyl/N-ethyl adjacent to an activating group) is 1. The third-order valence-corrected chi connectivity index (χ3v) is 3.86. The number of nitrogens with one attached hydrogen (secondary N) is 2. The third kappa shape index (κ3) is 4.98. The van der Waals surface area contributed by atoms with Crippen molar-refractivity contribution in [2.75, 3.05) is 33.1 Å². The number of furan rings is 1. The molecule has 2 aromatic rings. The van der Waals surface area contributed by atoms with Gasteiger partial charge in [-0.25, -0.2) is 0 Å². The predicted octanol–water partition coefficient (Wildman–Crippen LogP) is 2.30. The molecule has 0 spiro atoms. The minimum Gasteiger partial charge on any atom is -0.495 e. The van der Waals surface area contributed by atoms with Gasteiger partial charge in [0.05, 0.1) is 24.4 Å². The highest BCUT2D eigenvalue weighted by atomic mass is 35.5.